The summed E-state index contributed by atoms with van der Waals surface area (Å²) in [5, 5.41) is 1.71. The van der Waals surface area contributed by atoms with Crippen LogP contribution in [0, 0.1) is 0 Å². The molecule has 2 heterocycles. The van der Waals surface area contributed by atoms with Gasteiger partial charge in [-0.1, -0.05) is 13.8 Å². The summed E-state index contributed by atoms with van der Waals surface area (Å²) in [5.41, 5.74) is 2.57. The standard InChI is InChI=1S/C11H16N6S/c1-7(2)10-14-8(16-12)6-9(15-10)18-11-13-4-5-17(11)3/h4-7H,12H2,1-3H3,(H,14,15,16). The first-order valence-corrected chi connectivity index (χ1v) is 6.42. The molecule has 6 nitrogen and oxygen atoms in total. The second-order valence-corrected chi connectivity index (χ2v) is 5.16. The minimum Gasteiger partial charge on any atom is -0.329 e. The number of nitrogens with zero attached hydrogens (tertiary/aromatic N) is 4. The lowest BCUT2D eigenvalue weighted by Crippen LogP contribution is -2.11. The largest absolute Gasteiger partial charge is 0.329 e. The van der Waals surface area contributed by atoms with Crippen molar-refractivity contribution in [2.24, 2.45) is 12.9 Å². The van der Waals surface area contributed by atoms with Gasteiger partial charge in [0.15, 0.2) is 5.16 Å². The van der Waals surface area contributed by atoms with Crippen molar-refractivity contribution in [3.05, 3.63) is 24.3 Å². The van der Waals surface area contributed by atoms with Crippen LogP contribution in [-0.2, 0) is 7.05 Å². The van der Waals surface area contributed by atoms with Crippen molar-refractivity contribution in [2.75, 3.05) is 5.43 Å². The van der Waals surface area contributed by atoms with Crippen molar-refractivity contribution in [1.82, 2.24) is 19.5 Å². The highest BCUT2D eigenvalue weighted by Crippen LogP contribution is 2.26. The van der Waals surface area contributed by atoms with Crippen LogP contribution in [0.2, 0.25) is 0 Å². The number of hydrazine groups is 1. The van der Waals surface area contributed by atoms with Crippen molar-refractivity contribution >= 4 is 17.6 Å². The van der Waals surface area contributed by atoms with Crippen molar-refractivity contribution < 1.29 is 0 Å². The van der Waals surface area contributed by atoms with Gasteiger partial charge in [-0.05, 0) is 11.8 Å². The summed E-state index contributed by atoms with van der Waals surface area (Å²) in [5.74, 6) is 7.05. The fourth-order valence-electron chi connectivity index (χ4n) is 1.37. The minimum atomic E-state index is 0.249. The first-order chi connectivity index (χ1) is 8.60. The van der Waals surface area contributed by atoms with Gasteiger partial charge in [-0.3, -0.25) is 0 Å². The zero-order chi connectivity index (χ0) is 13.1. The highest BCUT2D eigenvalue weighted by atomic mass is 32.2. The molecular formula is C11H16N6S. The average Bonchev–Trinajstić information content (AvgIpc) is 2.74. The van der Waals surface area contributed by atoms with E-state index in [1.54, 1.807) is 6.20 Å². The van der Waals surface area contributed by atoms with Gasteiger partial charge in [0.25, 0.3) is 0 Å². The van der Waals surface area contributed by atoms with E-state index < -0.39 is 0 Å². The minimum absolute atomic E-state index is 0.249. The van der Waals surface area contributed by atoms with Gasteiger partial charge in [-0.2, -0.15) is 0 Å². The van der Waals surface area contributed by atoms with Crippen LogP contribution in [0.3, 0.4) is 0 Å². The molecule has 0 atom stereocenters. The number of hydrogen-bond acceptors (Lipinski definition) is 6. The molecule has 0 spiro atoms. The first-order valence-electron chi connectivity index (χ1n) is 5.61. The number of nitrogen functional groups attached to an aromatic ring is 1. The Kier molecular flexibility index (Phi) is 3.83. The number of imidazole rings is 1. The first kappa shape index (κ1) is 12.8. The lowest BCUT2D eigenvalue weighted by Gasteiger charge is -2.09. The normalized spacial score (nSPS) is 10.9. The van der Waals surface area contributed by atoms with Crippen LogP contribution in [0.15, 0.2) is 28.6 Å². The zero-order valence-electron chi connectivity index (χ0n) is 10.6. The van der Waals surface area contributed by atoms with Crippen molar-refractivity contribution in [3.8, 4) is 0 Å². The van der Waals surface area contributed by atoms with Gasteiger partial charge < -0.3 is 9.99 Å². The van der Waals surface area contributed by atoms with Gasteiger partial charge in [0.2, 0.25) is 0 Å². The lowest BCUT2D eigenvalue weighted by molar-refractivity contribution is 0.750. The Morgan fingerprint density at radius 2 is 2.17 bits per heavy atom. The molecule has 0 aromatic carbocycles. The molecule has 96 valence electrons. The molecule has 0 bridgehead atoms. The third-order valence-electron chi connectivity index (χ3n) is 2.36. The molecule has 0 saturated carbocycles. The highest BCUT2D eigenvalue weighted by Gasteiger charge is 2.10. The zero-order valence-corrected chi connectivity index (χ0v) is 11.4. The molecule has 0 aliphatic carbocycles. The summed E-state index contributed by atoms with van der Waals surface area (Å²) in [6.45, 7) is 4.09. The van der Waals surface area contributed by atoms with Crippen LogP contribution >= 0.6 is 11.8 Å². The third kappa shape index (κ3) is 2.80. The monoisotopic (exact) mass is 264 g/mol. The molecule has 18 heavy (non-hydrogen) atoms. The number of hydrogen-bond donors (Lipinski definition) is 2. The quantitative estimate of drug-likeness (QED) is 0.497. The molecule has 2 aromatic rings. The molecule has 2 rings (SSSR count). The number of aryl methyl sites for hydroxylation is 1. The third-order valence-corrected chi connectivity index (χ3v) is 3.35. The second-order valence-electron chi connectivity index (χ2n) is 4.17. The smallest absolute Gasteiger partial charge is 0.174 e. The molecular weight excluding hydrogens is 248 g/mol. The number of anilines is 1. The van der Waals surface area contributed by atoms with E-state index in [4.69, 9.17) is 5.84 Å². The molecule has 0 radical (unpaired) electrons. The predicted octanol–water partition coefficient (Wildman–Crippen LogP) is 1.77. The molecule has 0 saturated heterocycles. The molecule has 0 aliphatic rings. The maximum atomic E-state index is 5.42. The Hall–Kier alpha value is -1.60. The van der Waals surface area contributed by atoms with Crippen LogP contribution in [-0.4, -0.2) is 19.5 Å². The van der Waals surface area contributed by atoms with Crippen LogP contribution in [0.5, 0.6) is 0 Å². The Bertz CT molecular complexity index is 536. The van der Waals surface area contributed by atoms with Crippen molar-refractivity contribution in [2.45, 2.75) is 29.9 Å². The van der Waals surface area contributed by atoms with E-state index in [9.17, 15) is 0 Å². The maximum Gasteiger partial charge on any atom is 0.174 e. The van der Waals surface area contributed by atoms with E-state index in [0.29, 0.717) is 5.82 Å². The molecule has 0 amide bonds. The van der Waals surface area contributed by atoms with Gasteiger partial charge >= 0.3 is 0 Å². The maximum absolute atomic E-state index is 5.42. The van der Waals surface area contributed by atoms with Crippen LogP contribution in [0.1, 0.15) is 25.6 Å². The Morgan fingerprint density at radius 3 is 2.72 bits per heavy atom. The van der Waals surface area contributed by atoms with Gasteiger partial charge in [0.05, 0.1) is 0 Å². The van der Waals surface area contributed by atoms with E-state index in [0.717, 1.165) is 16.0 Å². The molecule has 0 fully saturated rings. The van der Waals surface area contributed by atoms with Gasteiger partial charge in [0, 0.05) is 31.4 Å². The molecule has 7 heteroatoms. The van der Waals surface area contributed by atoms with E-state index in [1.165, 1.54) is 11.8 Å². The fourth-order valence-corrected chi connectivity index (χ4v) is 2.19. The SMILES string of the molecule is CC(C)c1nc(NN)cc(Sc2nccn2C)n1. The Labute approximate surface area is 110 Å². The Balaban J connectivity index is 2.32. The summed E-state index contributed by atoms with van der Waals surface area (Å²) in [4.78, 5) is 13.1. The molecule has 0 unspecified atom stereocenters. The van der Waals surface area contributed by atoms with Gasteiger partial charge in [-0.25, -0.2) is 20.8 Å². The van der Waals surface area contributed by atoms with E-state index >= 15 is 0 Å². The topological polar surface area (TPSA) is 81.6 Å². The van der Waals surface area contributed by atoms with Crippen LogP contribution < -0.4 is 11.3 Å². The van der Waals surface area contributed by atoms with Crippen molar-refractivity contribution in [3.63, 3.8) is 0 Å². The summed E-state index contributed by atoms with van der Waals surface area (Å²) in [7, 11) is 1.95. The average molecular weight is 264 g/mol. The van der Waals surface area contributed by atoms with Crippen molar-refractivity contribution in [1.29, 1.82) is 0 Å². The molecule has 3 N–H and O–H groups in total. The highest BCUT2D eigenvalue weighted by molar-refractivity contribution is 7.99. The second kappa shape index (κ2) is 5.36. The summed E-state index contributed by atoms with van der Waals surface area (Å²) in [6, 6.07) is 1.81. The number of aromatic nitrogens is 4. The van der Waals surface area contributed by atoms with Crippen LogP contribution in [0.25, 0.3) is 0 Å². The fraction of sp³-hybridized carbons (Fsp3) is 0.364. The molecule has 0 aliphatic heterocycles. The molecule has 2 aromatic heterocycles. The van der Waals surface area contributed by atoms with E-state index in [2.05, 4.69) is 20.4 Å². The summed E-state index contributed by atoms with van der Waals surface area (Å²) >= 11 is 1.49. The lowest BCUT2D eigenvalue weighted by atomic mass is 10.2. The Morgan fingerprint density at radius 1 is 1.39 bits per heavy atom. The predicted molar refractivity (Wildman–Crippen MR) is 71.3 cm³/mol. The number of nitrogens with one attached hydrogen (secondary N) is 1. The van der Waals surface area contributed by atoms with E-state index in [1.807, 2.05) is 37.7 Å². The summed E-state index contributed by atoms with van der Waals surface area (Å²) < 4.78 is 1.94. The number of rotatable bonds is 4. The van der Waals surface area contributed by atoms with Crippen LogP contribution in [0.4, 0.5) is 5.82 Å². The van der Waals surface area contributed by atoms with Gasteiger partial charge in [0.1, 0.15) is 16.7 Å². The van der Waals surface area contributed by atoms with Gasteiger partial charge in [-0.15, -0.1) is 0 Å². The number of nitrogens with two attached hydrogens (primary N) is 1. The summed E-state index contributed by atoms with van der Waals surface area (Å²) in [6.07, 6.45) is 3.66. The van der Waals surface area contributed by atoms with E-state index in [-0.39, 0.29) is 5.92 Å².